The van der Waals surface area contributed by atoms with Gasteiger partial charge in [-0.15, -0.1) is 0 Å². The maximum Gasteiger partial charge on any atom is 0.232 e. The maximum atomic E-state index is 14.9. The van der Waals surface area contributed by atoms with Crippen molar-refractivity contribution in [1.82, 2.24) is 0 Å². The summed E-state index contributed by atoms with van der Waals surface area (Å²) in [6.07, 6.45) is 0.905. The second-order valence-electron chi connectivity index (χ2n) is 9.45. The number of carbonyl (C=O) groups is 2. The molecule has 1 aliphatic carbocycles. The summed E-state index contributed by atoms with van der Waals surface area (Å²) in [6, 6.07) is 18.3. The van der Waals surface area contributed by atoms with Crippen molar-refractivity contribution in [3.8, 4) is 0 Å². The average Bonchev–Trinajstić information content (AvgIpc) is 2.72. The van der Waals surface area contributed by atoms with Crippen LogP contribution in [0.3, 0.4) is 0 Å². The van der Waals surface area contributed by atoms with Gasteiger partial charge in [0.2, 0.25) is 5.91 Å². The van der Waals surface area contributed by atoms with Gasteiger partial charge in [-0.25, -0.2) is 4.39 Å². The summed E-state index contributed by atoms with van der Waals surface area (Å²) >= 11 is 6.37. The Bertz CT molecular complexity index is 1290. The van der Waals surface area contributed by atoms with Gasteiger partial charge in [0.1, 0.15) is 5.82 Å². The van der Waals surface area contributed by atoms with Crippen LogP contribution in [0.4, 0.5) is 10.1 Å². The van der Waals surface area contributed by atoms with Gasteiger partial charge in [0.25, 0.3) is 0 Å². The molecular formula is C27H23ClFNO2. The highest BCUT2D eigenvalue weighted by Crippen LogP contribution is 2.49. The largest absolute Gasteiger partial charge is 0.294 e. The Labute approximate surface area is 191 Å². The summed E-state index contributed by atoms with van der Waals surface area (Å²) in [5.74, 6) is -1.36. The Morgan fingerprint density at radius 3 is 2.47 bits per heavy atom. The molecule has 1 atom stereocenters. The van der Waals surface area contributed by atoms with E-state index in [4.69, 9.17) is 11.6 Å². The van der Waals surface area contributed by atoms with Gasteiger partial charge in [0.15, 0.2) is 5.78 Å². The average molecular weight is 448 g/mol. The highest BCUT2D eigenvalue weighted by molar-refractivity contribution is 6.31. The zero-order valence-corrected chi connectivity index (χ0v) is 18.7. The van der Waals surface area contributed by atoms with Crippen molar-refractivity contribution < 1.29 is 14.0 Å². The quantitative estimate of drug-likeness (QED) is 0.433. The van der Waals surface area contributed by atoms with Crippen molar-refractivity contribution in [2.24, 2.45) is 5.41 Å². The molecule has 162 valence electrons. The second-order valence-corrected chi connectivity index (χ2v) is 9.86. The molecule has 1 heterocycles. The molecule has 0 saturated heterocycles. The molecule has 1 aliphatic heterocycles. The number of Topliss-reactive ketones (excluding diaryl/α,β-unsaturated/α-hetero) is 1. The third-order valence-corrected chi connectivity index (χ3v) is 6.81. The molecular weight excluding hydrogens is 425 g/mol. The molecule has 0 saturated carbocycles. The molecule has 5 heteroatoms. The number of amides is 1. The third-order valence-electron chi connectivity index (χ3n) is 6.48. The van der Waals surface area contributed by atoms with Crippen LogP contribution in [0.15, 0.2) is 71.9 Å². The number of rotatable bonds is 2. The number of allylic oxidation sites excluding steroid dienone is 2. The molecule has 0 N–H and O–H groups in total. The molecule has 0 radical (unpaired) electrons. The van der Waals surface area contributed by atoms with E-state index in [9.17, 15) is 14.0 Å². The van der Waals surface area contributed by atoms with Crippen molar-refractivity contribution in [3.63, 3.8) is 0 Å². The molecule has 32 heavy (non-hydrogen) atoms. The zero-order chi connectivity index (χ0) is 22.6. The van der Waals surface area contributed by atoms with Gasteiger partial charge >= 0.3 is 0 Å². The number of carbonyl (C=O) groups excluding carboxylic acids is 2. The highest BCUT2D eigenvalue weighted by atomic mass is 35.5. The standard InChI is InChI=1S/C27H23ClFNO2/c1-27(2)14-22-26(23(31)15-27)19(25-20(28)8-5-9-21(25)29)13-24(32)30(22)18-11-10-16-6-3-4-7-17(16)12-18/h3-12,19H,13-15H2,1-2H3. The number of benzene rings is 3. The zero-order valence-electron chi connectivity index (χ0n) is 18.0. The molecule has 0 spiro atoms. The monoisotopic (exact) mass is 447 g/mol. The van der Waals surface area contributed by atoms with E-state index in [0.29, 0.717) is 24.1 Å². The topological polar surface area (TPSA) is 37.4 Å². The van der Waals surface area contributed by atoms with Gasteiger partial charge in [-0.2, -0.15) is 0 Å². The van der Waals surface area contributed by atoms with E-state index in [1.54, 1.807) is 11.0 Å². The molecule has 3 aromatic carbocycles. The predicted molar refractivity (Wildman–Crippen MR) is 125 cm³/mol. The van der Waals surface area contributed by atoms with Crippen LogP contribution in [0.5, 0.6) is 0 Å². The second kappa shape index (κ2) is 7.56. The number of ketones is 1. The minimum absolute atomic E-state index is 0.00151. The van der Waals surface area contributed by atoms with Gasteiger partial charge in [0.05, 0.1) is 0 Å². The van der Waals surface area contributed by atoms with Crippen molar-refractivity contribution >= 4 is 39.8 Å². The van der Waals surface area contributed by atoms with E-state index < -0.39 is 11.7 Å². The Hall–Kier alpha value is -2.98. The predicted octanol–water partition coefficient (Wildman–Crippen LogP) is 6.80. The number of anilines is 1. The summed E-state index contributed by atoms with van der Waals surface area (Å²) in [4.78, 5) is 28.6. The summed E-state index contributed by atoms with van der Waals surface area (Å²) in [7, 11) is 0. The van der Waals surface area contributed by atoms with Crippen LogP contribution in [0.2, 0.25) is 5.02 Å². The first-order valence-electron chi connectivity index (χ1n) is 10.8. The van der Waals surface area contributed by atoms with Crippen molar-refractivity contribution in [3.05, 3.63) is 88.3 Å². The smallest absolute Gasteiger partial charge is 0.232 e. The van der Waals surface area contributed by atoms with E-state index in [2.05, 4.69) is 0 Å². The normalized spacial score (nSPS) is 20.6. The van der Waals surface area contributed by atoms with Crippen LogP contribution in [-0.2, 0) is 9.59 Å². The van der Waals surface area contributed by atoms with Crippen LogP contribution in [0, 0.1) is 11.2 Å². The minimum Gasteiger partial charge on any atom is -0.294 e. The molecule has 2 aliphatic rings. The molecule has 1 unspecified atom stereocenters. The number of halogens is 2. The first kappa shape index (κ1) is 20.9. The molecule has 0 aromatic heterocycles. The Morgan fingerprint density at radius 1 is 0.969 bits per heavy atom. The summed E-state index contributed by atoms with van der Waals surface area (Å²) in [5.41, 5.74) is 1.85. The van der Waals surface area contributed by atoms with Gasteiger partial charge < -0.3 is 0 Å². The van der Waals surface area contributed by atoms with Crippen LogP contribution < -0.4 is 4.90 Å². The fraction of sp³-hybridized carbons (Fsp3) is 0.259. The molecule has 3 nitrogen and oxygen atoms in total. The number of hydrogen-bond acceptors (Lipinski definition) is 2. The van der Waals surface area contributed by atoms with Crippen LogP contribution in [-0.4, -0.2) is 11.7 Å². The fourth-order valence-electron chi connectivity index (χ4n) is 5.12. The summed E-state index contributed by atoms with van der Waals surface area (Å²) in [6.45, 7) is 4.05. The van der Waals surface area contributed by atoms with Crippen molar-refractivity contribution in [2.45, 2.75) is 39.0 Å². The lowest BCUT2D eigenvalue weighted by atomic mass is 9.69. The number of hydrogen-bond donors (Lipinski definition) is 0. The van der Waals surface area contributed by atoms with E-state index in [0.717, 1.165) is 16.5 Å². The van der Waals surface area contributed by atoms with Gasteiger partial charge in [-0.05, 0) is 46.9 Å². The maximum absolute atomic E-state index is 14.9. The first-order valence-corrected chi connectivity index (χ1v) is 11.1. The van der Waals surface area contributed by atoms with Crippen LogP contribution in [0.25, 0.3) is 10.8 Å². The van der Waals surface area contributed by atoms with E-state index in [1.807, 2.05) is 56.3 Å². The Morgan fingerprint density at radius 2 is 1.72 bits per heavy atom. The first-order chi connectivity index (χ1) is 15.2. The highest BCUT2D eigenvalue weighted by Gasteiger charge is 2.45. The molecule has 5 rings (SSSR count). The molecule has 0 fully saturated rings. The lowest BCUT2D eigenvalue weighted by Gasteiger charge is -2.43. The molecule has 0 bridgehead atoms. The van der Waals surface area contributed by atoms with Gasteiger partial charge in [-0.3, -0.25) is 14.5 Å². The van der Waals surface area contributed by atoms with Crippen LogP contribution in [0.1, 0.15) is 44.6 Å². The Balaban J connectivity index is 1.73. The van der Waals surface area contributed by atoms with Crippen molar-refractivity contribution in [1.29, 1.82) is 0 Å². The SMILES string of the molecule is CC1(C)CC(=O)C2=C(C1)N(c1ccc3ccccc3c1)C(=O)CC2c1c(F)cccc1Cl. The third kappa shape index (κ3) is 3.43. The van der Waals surface area contributed by atoms with E-state index >= 15 is 0 Å². The molecule has 3 aromatic rings. The molecule has 1 amide bonds. The van der Waals surface area contributed by atoms with Crippen molar-refractivity contribution in [2.75, 3.05) is 4.90 Å². The summed E-state index contributed by atoms with van der Waals surface area (Å²) in [5, 5.41) is 2.33. The summed E-state index contributed by atoms with van der Waals surface area (Å²) < 4.78 is 14.9. The minimum atomic E-state index is -0.675. The number of fused-ring (bicyclic) bond motifs is 1. The van der Waals surface area contributed by atoms with E-state index in [1.165, 1.54) is 12.1 Å². The Kier molecular flexibility index (Phi) is 4.94. The fourth-order valence-corrected chi connectivity index (χ4v) is 5.42. The lowest BCUT2D eigenvalue weighted by molar-refractivity contribution is -0.121. The van der Waals surface area contributed by atoms with Gasteiger partial charge in [0, 0.05) is 46.3 Å². The lowest BCUT2D eigenvalue weighted by Crippen LogP contribution is -2.44. The van der Waals surface area contributed by atoms with Crippen LogP contribution >= 0.6 is 11.6 Å². The van der Waals surface area contributed by atoms with E-state index in [-0.39, 0.29) is 34.1 Å². The van der Waals surface area contributed by atoms with Gasteiger partial charge in [-0.1, -0.05) is 61.8 Å². The number of nitrogens with zero attached hydrogens (tertiary/aromatic N) is 1.